The lowest BCUT2D eigenvalue weighted by atomic mass is 10.1. The Morgan fingerprint density at radius 3 is 2.50 bits per heavy atom. The van der Waals surface area contributed by atoms with Crippen LogP contribution in [0.15, 0.2) is 12.1 Å². The van der Waals surface area contributed by atoms with Crippen LogP contribution in [0.5, 0.6) is 5.75 Å². The number of carbonyl (C=O) groups excluding carboxylic acids is 1. The highest BCUT2D eigenvalue weighted by atomic mass is 35.5. The number of rotatable bonds is 2. The number of carbonyl (C=O) groups is 1. The molecule has 5 nitrogen and oxygen atoms in total. The number of halogens is 1. The largest absolute Gasteiger partial charge is 0.495 e. The maximum absolute atomic E-state index is 12.2. The first-order valence-electron chi connectivity index (χ1n) is 8.21. The first kappa shape index (κ1) is 18.7. The van der Waals surface area contributed by atoms with E-state index in [2.05, 4.69) is 17.9 Å². The molecular weight excluding hydrogens is 328 g/mol. The van der Waals surface area contributed by atoms with Gasteiger partial charge in [0.1, 0.15) is 11.4 Å². The lowest BCUT2D eigenvalue weighted by Gasteiger charge is -2.41. The van der Waals surface area contributed by atoms with Crippen LogP contribution in [0.1, 0.15) is 33.3 Å². The highest BCUT2D eigenvalue weighted by Crippen LogP contribution is 2.34. The summed E-state index contributed by atoms with van der Waals surface area (Å²) >= 11 is 6.25. The number of methoxy groups -OCH3 is 1. The van der Waals surface area contributed by atoms with Crippen LogP contribution in [-0.2, 0) is 4.74 Å². The third-order valence-corrected chi connectivity index (χ3v) is 4.52. The Balaban J connectivity index is 2.12. The number of amides is 1. The topological polar surface area (TPSA) is 42.0 Å². The normalized spacial score (nSPS) is 18.5. The predicted molar refractivity (Wildman–Crippen MR) is 97.4 cm³/mol. The summed E-state index contributed by atoms with van der Waals surface area (Å²) in [5.41, 5.74) is 1.57. The van der Waals surface area contributed by atoms with Gasteiger partial charge in [0.05, 0.1) is 12.1 Å². The minimum Gasteiger partial charge on any atom is -0.495 e. The van der Waals surface area contributed by atoms with Gasteiger partial charge < -0.3 is 19.3 Å². The minimum absolute atomic E-state index is 0.177. The van der Waals surface area contributed by atoms with E-state index in [-0.39, 0.29) is 12.1 Å². The summed E-state index contributed by atoms with van der Waals surface area (Å²) < 4.78 is 10.8. The number of aryl methyl sites for hydroxylation is 1. The molecule has 24 heavy (non-hydrogen) atoms. The number of ether oxygens (including phenoxy) is 2. The Bertz CT molecular complexity index is 613. The first-order chi connectivity index (χ1) is 11.1. The van der Waals surface area contributed by atoms with E-state index in [1.165, 1.54) is 0 Å². The Hall–Kier alpha value is -1.62. The highest BCUT2D eigenvalue weighted by molar-refractivity contribution is 6.32. The van der Waals surface area contributed by atoms with Gasteiger partial charge in [-0.3, -0.25) is 0 Å². The second-order valence-corrected chi connectivity index (χ2v) is 7.63. The highest BCUT2D eigenvalue weighted by Gasteiger charge is 2.30. The van der Waals surface area contributed by atoms with E-state index in [0.717, 1.165) is 17.8 Å². The summed E-state index contributed by atoms with van der Waals surface area (Å²) in [5, 5.41) is 0.640. The van der Waals surface area contributed by atoms with Crippen molar-refractivity contribution in [2.45, 2.75) is 46.3 Å². The fourth-order valence-electron chi connectivity index (χ4n) is 2.87. The molecule has 1 aromatic carbocycles. The molecule has 1 amide bonds. The van der Waals surface area contributed by atoms with Gasteiger partial charge in [0, 0.05) is 37.4 Å². The average molecular weight is 355 g/mol. The van der Waals surface area contributed by atoms with Crippen LogP contribution in [0.4, 0.5) is 10.5 Å². The summed E-state index contributed by atoms with van der Waals surface area (Å²) in [5.74, 6) is 0.674. The van der Waals surface area contributed by atoms with Crippen LogP contribution in [0, 0.1) is 6.92 Å². The van der Waals surface area contributed by atoms with Crippen molar-refractivity contribution in [3.05, 3.63) is 22.7 Å². The molecule has 0 N–H and O–H groups in total. The summed E-state index contributed by atoms with van der Waals surface area (Å²) in [6.45, 7) is 11.7. The molecule has 0 aromatic heterocycles. The van der Waals surface area contributed by atoms with Crippen molar-refractivity contribution >= 4 is 23.4 Å². The number of hydrogen-bond acceptors (Lipinski definition) is 4. The standard InChI is InChI=1S/C18H27ClN2O3/c1-12-9-14(10-15(23-6)16(12)19)21-8-7-20(11-13(21)2)17(22)24-18(3,4)5/h9-10,13H,7-8,11H2,1-6H3/t13-/m0/s1. The fourth-order valence-corrected chi connectivity index (χ4v) is 3.05. The van der Waals surface area contributed by atoms with E-state index in [4.69, 9.17) is 21.1 Å². The lowest BCUT2D eigenvalue weighted by molar-refractivity contribution is 0.0219. The van der Waals surface area contributed by atoms with Crippen molar-refractivity contribution in [2.24, 2.45) is 0 Å². The van der Waals surface area contributed by atoms with Gasteiger partial charge in [-0.05, 0) is 46.2 Å². The molecule has 1 atom stereocenters. The Morgan fingerprint density at radius 1 is 1.29 bits per heavy atom. The molecule has 1 aliphatic heterocycles. The fraction of sp³-hybridized carbons (Fsp3) is 0.611. The monoisotopic (exact) mass is 354 g/mol. The van der Waals surface area contributed by atoms with E-state index in [1.807, 2.05) is 33.8 Å². The number of anilines is 1. The number of piperazine rings is 1. The second-order valence-electron chi connectivity index (χ2n) is 7.25. The van der Waals surface area contributed by atoms with Crippen LogP contribution in [0.3, 0.4) is 0 Å². The number of hydrogen-bond donors (Lipinski definition) is 0. The van der Waals surface area contributed by atoms with Crippen LogP contribution in [0.25, 0.3) is 0 Å². The zero-order valence-electron chi connectivity index (χ0n) is 15.4. The van der Waals surface area contributed by atoms with Gasteiger partial charge in [0.2, 0.25) is 0 Å². The summed E-state index contributed by atoms with van der Waals surface area (Å²) in [7, 11) is 1.62. The van der Waals surface area contributed by atoms with Gasteiger partial charge in [-0.1, -0.05) is 11.6 Å². The zero-order chi connectivity index (χ0) is 18.1. The first-order valence-corrected chi connectivity index (χ1v) is 8.59. The molecule has 0 aliphatic carbocycles. The van der Waals surface area contributed by atoms with E-state index in [9.17, 15) is 4.79 Å². The summed E-state index contributed by atoms with van der Waals surface area (Å²) in [4.78, 5) is 16.3. The maximum Gasteiger partial charge on any atom is 0.410 e. The van der Waals surface area contributed by atoms with E-state index in [0.29, 0.717) is 23.9 Å². The zero-order valence-corrected chi connectivity index (χ0v) is 16.1. The molecule has 1 aliphatic rings. The third-order valence-electron chi connectivity index (χ3n) is 4.04. The predicted octanol–water partition coefficient (Wildman–Crippen LogP) is 4.10. The number of nitrogens with zero attached hydrogens (tertiary/aromatic N) is 2. The van der Waals surface area contributed by atoms with Crippen LogP contribution >= 0.6 is 11.6 Å². The average Bonchev–Trinajstić information content (AvgIpc) is 2.48. The minimum atomic E-state index is -0.474. The second kappa shape index (κ2) is 7.09. The molecule has 0 saturated carbocycles. The van der Waals surface area contributed by atoms with Crippen LogP contribution < -0.4 is 9.64 Å². The number of benzene rings is 1. The molecule has 1 heterocycles. The quantitative estimate of drug-likeness (QED) is 0.801. The Labute approximate surface area is 149 Å². The summed E-state index contributed by atoms with van der Waals surface area (Å²) in [6, 6.07) is 4.19. The summed E-state index contributed by atoms with van der Waals surface area (Å²) in [6.07, 6.45) is -0.251. The van der Waals surface area contributed by atoms with Crippen molar-refractivity contribution in [1.29, 1.82) is 0 Å². The molecule has 0 radical (unpaired) electrons. The molecule has 1 aromatic rings. The molecule has 134 valence electrons. The SMILES string of the molecule is COc1cc(N2CCN(C(=O)OC(C)(C)C)C[C@@H]2C)cc(C)c1Cl. The van der Waals surface area contributed by atoms with E-state index >= 15 is 0 Å². The maximum atomic E-state index is 12.2. The molecule has 0 spiro atoms. The van der Waals surface area contributed by atoms with E-state index < -0.39 is 5.60 Å². The van der Waals surface area contributed by atoms with Gasteiger partial charge in [0.25, 0.3) is 0 Å². The van der Waals surface area contributed by atoms with Gasteiger partial charge in [-0.2, -0.15) is 0 Å². The Kier molecular flexibility index (Phi) is 5.53. The van der Waals surface area contributed by atoms with Gasteiger partial charge in [0.15, 0.2) is 0 Å². The molecule has 1 fully saturated rings. The van der Waals surface area contributed by atoms with E-state index in [1.54, 1.807) is 12.0 Å². The molecular formula is C18H27ClN2O3. The smallest absolute Gasteiger partial charge is 0.410 e. The van der Waals surface area contributed by atoms with Crippen molar-refractivity contribution in [3.63, 3.8) is 0 Å². The molecule has 0 bridgehead atoms. The molecule has 0 unspecified atom stereocenters. The van der Waals surface area contributed by atoms with Crippen molar-refractivity contribution in [2.75, 3.05) is 31.6 Å². The van der Waals surface area contributed by atoms with Crippen molar-refractivity contribution in [3.8, 4) is 5.75 Å². The lowest BCUT2D eigenvalue weighted by Crippen LogP contribution is -2.54. The molecule has 2 rings (SSSR count). The van der Waals surface area contributed by atoms with Crippen LogP contribution in [0.2, 0.25) is 5.02 Å². The molecule has 6 heteroatoms. The van der Waals surface area contributed by atoms with Gasteiger partial charge >= 0.3 is 6.09 Å². The van der Waals surface area contributed by atoms with Gasteiger partial charge in [-0.15, -0.1) is 0 Å². The third kappa shape index (κ3) is 4.26. The Morgan fingerprint density at radius 2 is 1.96 bits per heavy atom. The van der Waals surface area contributed by atoms with Gasteiger partial charge in [-0.25, -0.2) is 4.79 Å². The van der Waals surface area contributed by atoms with Crippen molar-refractivity contribution in [1.82, 2.24) is 4.90 Å². The van der Waals surface area contributed by atoms with Crippen molar-refractivity contribution < 1.29 is 14.3 Å². The molecule has 1 saturated heterocycles. The van der Waals surface area contributed by atoms with Crippen LogP contribution in [-0.4, -0.2) is 49.4 Å².